The van der Waals surface area contributed by atoms with E-state index in [0.29, 0.717) is 6.04 Å². The van der Waals surface area contributed by atoms with Gasteiger partial charge in [-0.3, -0.25) is 0 Å². The first-order valence-corrected chi connectivity index (χ1v) is 7.16. The monoisotopic (exact) mass is 259 g/mol. The van der Waals surface area contributed by atoms with Gasteiger partial charge in [-0.2, -0.15) is 5.10 Å². The third-order valence-corrected chi connectivity index (χ3v) is 3.72. The highest BCUT2D eigenvalue weighted by molar-refractivity contribution is 5.48. The van der Waals surface area contributed by atoms with Crippen molar-refractivity contribution in [3.05, 3.63) is 24.5 Å². The molecule has 5 heteroatoms. The van der Waals surface area contributed by atoms with Crippen LogP contribution in [0, 0.1) is 0 Å². The smallest absolute Gasteiger partial charge is 0.157 e. The van der Waals surface area contributed by atoms with E-state index in [-0.39, 0.29) is 0 Å². The van der Waals surface area contributed by atoms with Crippen molar-refractivity contribution >= 4 is 11.5 Å². The van der Waals surface area contributed by atoms with E-state index in [9.17, 15) is 0 Å². The second kappa shape index (κ2) is 5.57. The fourth-order valence-corrected chi connectivity index (χ4v) is 2.76. The molecule has 0 aromatic carbocycles. The molecule has 2 aromatic rings. The molecule has 1 saturated heterocycles. The van der Waals surface area contributed by atoms with Crippen molar-refractivity contribution in [1.82, 2.24) is 19.9 Å². The fraction of sp³-hybridized carbons (Fsp3) is 0.571. The highest BCUT2D eigenvalue weighted by atomic mass is 15.3. The molecule has 0 spiro atoms. The number of rotatable bonds is 5. The average molecular weight is 259 g/mol. The SMILES string of the molecule is CCCNCC1CCCN1c1ccn2nccc2n1. The number of fused-ring (bicyclic) bond motifs is 1. The van der Waals surface area contributed by atoms with Crippen molar-refractivity contribution in [2.45, 2.75) is 32.2 Å². The Balaban J connectivity index is 1.75. The van der Waals surface area contributed by atoms with Gasteiger partial charge in [0.2, 0.25) is 0 Å². The van der Waals surface area contributed by atoms with E-state index in [4.69, 9.17) is 4.98 Å². The van der Waals surface area contributed by atoms with E-state index in [0.717, 1.165) is 31.1 Å². The summed E-state index contributed by atoms with van der Waals surface area (Å²) in [6.45, 7) is 5.46. The Labute approximate surface area is 113 Å². The van der Waals surface area contributed by atoms with E-state index >= 15 is 0 Å². The maximum absolute atomic E-state index is 4.69. The van der Waals surface area contributed by atoms with Crippen molar-refractivity contribution in [3.8, 4) is 0 Å². The summed E-state index contributed by atoms with van der Waals surface area (Å²) in [6, 6.07) is 4.59. The first kappa shape index (κ1) is 12.4. The fourth-order valence-electron chi connectivity index (χ4n) is 2.76. The van der Waals surface area contributed by atoms with Gasteiger partial charge in [0.1, 0.15) is 5.82 Å². The van der Waals surface area contributed by atoms with Crippen LogP contribution >= 0.6 is 0 Å². The van der Waals surface area contributed by atoms with Gasteiger partial charge in [-0.15, -0.1) is 0 Å². The zero-order valence-corrected chi connectivity index (χ0v) is 11.4. The normalized spacial score (nSPS) is 19.4. The first-order chi connectivity index (χ1) is 9.38. The molecule has 0 amide bonds. The molecule has 2 aromatic heterocycles. The standard InChI is InChI=1S/C14H21N5/c1-2-7-15-11-12-4-3-9-18(12)13-6-10-19-14(17-13)5-8-16-19/h5-6,8,10,12,15H,2-4,7,9,11H2,1H3. The van der Waals surface area contributed by atoms with Gasteiger partial charge in [0.15, 0.2) is 5.65 Å². The molecule has 3 heterocycles. The maximum Gasteiger partial charge on any atom is 0.157 e. The molecule has 5 nitrogen and oxygen atoms in total. The van der Waals surface area contributed by atoms with Crippen LogP contribution in [0.4, 0.5) is 5.82 Å². The van der Waals surface area contributed by atoms with Gasteiger partial charge in [-0.1, -0.05) is 6.92 Å². The van der Waals surface area contributed by atoms with Gasteiger partial charge in [0, 0.05) is 31.4 Å². The van der Waals surface area contributed by atoms with Crippen LogP contribution in [0.1, 0.15) is 26.2 Å². The summed E-state index contributed by atoms with van der Waals surface area (Å²) in [5.41, 5.74) is 0.921. The van der Waals surface area contributed by atoms with Crippen LogP contribution in [-0.2, 0) is 0 Å². The largest absolute Gasteiger partial charge is 0.352 e. The summed E-state index contributed by atoms with van der Waals surface area (Å²) in [5.74, 6) is 1.08. The van der Waals surface area contributed by atoms with Crippen LogP contribution < -0.4 is 10.2 Å². The van der Waals surface area contributed by atoms with Gasteiger partial charge < -0.3 is 10.2 Å². The minimum absolute atomic E-state index is 0.574. The molecule has 1 fully saturated rings. The van der Waals surface area contributed by atoms with Crippen LogP contribution in [0.5, 0.6) is 0 Å². The van der Waals surface area contributed by atoms with Gasteiger partial charge in [-0.25, -0.2) is 9.50 Å². The second-order valence-electron chi connectivity index (χ2n) is 5.11. The Bertz CT molecular complexity index is 535. The van der Waals surface area contributed by atoms with Crippen molar-refractivity contribution in [2.75, 3.05) is 24.5 Å². The molecule has 1 atom stereocenters. The molecule has 102 valence electrons. The molecule has 1 aliphatic rings. The minimum atomic E-state index is 0.574. The van der Waals surface area contributed by atoms with E-state index in [1.54, 1.807) is 6.20 Å². The number of aromatic nitrogens is 3. The van der Waals surface area contributed by atoms with Gasteiger partial charge in [0.25, 0.3) is 0 Å². The summed E-state index contributed by atoms with van der Waals surface area (Å²) in [5, 5.41) is 7.71. The predicted octanol–water partition coefficient (Wildman–Crippen LogP) is 1.70. The van der Waals surface area contributed by atoms with Crippen molar-refractivity contribution in [2.24, 2.45) is 0 Å². The molecule has 1 N–H and O–H groups in total. The molecule has 0 saturated carbocycles. The lowest BCUT2D eigenvalue weighted by Gasteiger charge is -2.26. The number of nitrogens with zero attached hydrogens (tertiary/aromatic N) is 4. The van der Waals surface area contributed by atoms with Crippen LogP contribution in [-0.4, -0.2) is 40.3 Å². The molecule has 3 rings (SSSR count). The third kappa shape index (κ3) is 2.56. The Morgan fingerprint density at radius 2 is 2.37 bits per heavy atom. The molecule has 0 aliphatic carbocycles. The maximum atomic E-state index is 4.69. The summed E-state index contributed by atoms with van der Waals surface area (Å²) in [4.78, 5) is 7.12. The second-order valence-corrected chi connectivity index (χ2v) is 5.11. The molecule has 0 radical (unpaired) electrons. The van der Waals surface area contributed by atoms with Crippen LogP contribution in [0.2, 0.25) is 0 Å². The van der Waals surface area contributed by atoms with E-state index in [2.05, 4.69) is 28.3 Å². The molecule has 1 aliphatic heterocycles. The highest BCUT2D eigenvalue weighted by Crippen LogP contribution is 2.23. The highest BCUT2D eigenvalue weighted by Gasteiger charge is 2.25. The summed E-state index contributed by atoms with van der Waals surface area (Å²) >= 11 is 0. The summed E-state index contributed by atoms with van der Waals surface area (Å²) in [6.07, 6.45) is 7.48. The molecular weight excluding hydrogens is 238 g/mol. The molecular formula is C14H21N5. The Kier molecular flexibility index (Phi) is 3.64. The average Bonchev–Trinajstić information content (AvgIpc) is 3.06. The van der Waals surface area contributed by atoms with Gasteiger partial charge in [0.05, 0.1) is 6.20 Å². The Morgan fingerprint density at radius 1 is 1.42 bits per heavy atom. The van der Waals surface area contributed by atoms with Crippen LogP contribution in [0.15, 0.2) is 24.5 Å². The predicted molar refractivity (Wildman–Crippen MR) is 76.5 cm³/mol. The Morgan fingerprint density at radius 3 is 3.26 bits per heavy atom. The van der Waals surface area contributed by atoms with E-state index in [1.807, 2.05) is 16.8 Å². The van der Waals surface area contributed by atoms with Gasteiger partial charge >= 0.3 is 0 Å². The first-order valence-electron chi connectivity index (χ1n) is 7.16. The zero-order chi connectivity index (χ0) is 13.1. The molecule has 1 unspecified atom stereocenters. The quantitative estimate of drug-likeness (QED) is 0.830. The van der Waals surface area contributed by atoms with Crippen molar-refractivity contribution in [1.29, 1.82) is 0 Å². The minimum Gasteiger partial charge on any atom is -0.352 e. The van der Waals surface area contributed by atoms with Crippen molar-refractivity contribution < 1.29 is 0 Å². The lowest BCUT2D eigenvalue weighted by atomic mass is 10.2. The molecule has 0 bridgehead atoms. The molecule has 19 heavy (non-hydrogen) atoms. The van der Waals surface area contributed by atoms with Crippen LogP contribution in [0.25, 0.3) is 5.65 Å². The van der Waals surface area contributed by atoms with E-state index < -0.39 is 0 Å². The summed E-state index contributed by atoms with van der Waals surface area (Å²) in [7, 11) is 0. The third-order valence-electron chi connectivity index (χ3n) is 3.72. The number of anilines is 1. The lowest BCUT2D eigenvalue weighted by Crippen LogP contribution is -2.38. The number of hydrogen-bond acceptors (Lipinski definition) is 4. The summed E-state index contributed by atoms with van der Waals surface area (Å²) < 4.78 is 1.81. The number of nitrogens with one attached hydrogen (secondary N) is 1. The van der Waals surface area contributed by atoms with Crippen molar-refractivity contribution in [3.63, 3.8) is 0 Å². The van der Waals surface area contributed by atoms with Crippen LogP contribution in [0.3, 0.4) is 0 Å². The zero-order valence-electron chi connectivity index (χ0n) is 11.4. The van der Waals surface area contributed by atoms with E-state index in [1.165, 1.54) is 19.3 Å². The lowest BCUT2D eigenvalue weighted by molar-refractivity contribution is 0.568. The van der Waals surface area contributed by atoms with Gasteiger partial charge in [-0.05, 0) is 31.9 Å². The Hall–Kier alpha value is -1.62. The number of hydrogen-bond donors (Lipinski definition) is 1. The topological polar surface area (TPSA) is 45.5 Å².